The Kier molecular flexibility index (Phi) is 5.18. The lowest BCUT2D eigenvalue weighted by atomic mass is 10.2. The Morgan fingerprint density at radius 3 is 2.25 bits per heavy atom. The first-order chi connectivity index (χ1) is 9.29. The maximum atomic E-state index is 13.4. The van der Waals surface area contributed by atoms with E-state index in [1.54, 1.807) is 0 Å². The summed E-state index contributed by atoms with van der Waals surface area (Å²) in [5, 5.41) is 4.94. The molecule has 0 radical (unpaired) electrons. The number of nitrogens with two attached hydrogens (primary N) is 1. The number of rotatable bonds is 6. The van der Waals surface area contributed by atoms with E-state index in [1.165, 1.54) is 17.1 Å². The molecule has 0 fully saturated rings. The van der Waals surface area contributed by atoms with E-state index in [0.29, 0.717) is 0 Å². The van der Waals surface area contributed by atoms with Gasteiger partial charge in [-0.2, -0.15) is 0 Å². The largest absolute Gasteiger partial charge is 0.331 e. The number of halogens is 1. The van der Waals surface area contributed by atoms with E-state index in [0.717, 1.165) is 18.2 Å². The molecule has 0 spiro atoms. The summed E-state index contributed by atoms with van der Waals surface area (Å²) in [7, 11) is -4.08. The first-order valence-electron chi connectivity index (χ1n) is 5.64. The van der Waals surface area contributed by atoms with E-state index >= 15 is 0 Å². The van der Waals surface area contributed by atoms with Gasteiger partial charge in [0.05, 0.1) is 4.90 Å². The molecule has 20 heavy (non-hydrogen) atoms. The van der Waals surface area contributed by atoms with E-state index in [9.17, 15) is 17.6 Å². The minimum absolute atomic E-state index is 0.0993. The molecule has 0 aliphatic rings. The van der Waals surface area contributed by atoms with E-state index in [-0.39, 0.29) is 18.7 Å². The molecule has 1 rings (SSSR count). The van der Waals surface area contributed by atoms with Crippen LogP contribution in [0, 0.1) is 5.82 Å². The normalized spacial score (nSPS) is 10.9. The van der Waals surface area contributed by atoms with Crippen molar-refractivity contribution in [3.63, 3.8) is 0 Å². The summed E-state index contributed by atoms with van der Waals surface area (Å²) < 4.78 is 35.9. The quantitative estimate of drug-likeness (QED) is 0.803. The molecule has 0 atom stereocenters. The number of hydrogen-bond acceptors (Lipinski definition) is 3. The number of carbonyl (C=O) groups is 1. The molecule has 0 unspecified atom stereocenters. The molecular formula is C13H15FN2O3S. The molecule has 7 heteroatoms. The van der Waals surface area contributed by atoms with Crippen molar-refractivity contribution >= 4 is 15.9 Å². The summed E-state index contributed by atoms with van der Waals surface area (Å²) in [6.45, 7) is 7.49. The highest BCUT2D eigenvalue weighted by molar-refractivity contribution is 7.89. The molecule has 1 aromatic carbocycles. The van der Waals surface area contributed by atoms with Gasteiger partial charge in [-0.15, -0.1) is 13.2 Å². The molecule has 0 aromatic heterocycles. The zero-order valence-electron chi connectivity index (χ0n) is 10.8. The van der Waals surface area contributed by atoms with E-state index in [4.69, 9.17) is 5.14 Å². The summed E-state index contributed by atoms with van der Waals surface area (Å²) in [6, 6.07) is 2.76. The van der Waals surface area contributed by atoms with Crippen LogP contribution in [0.2, 0.25) is 0 Å². The lowest BCUT2D eigenvalue weighted by molar-refractivity contribution is 0.0790. The molecule has 0 heterocycles. The lowest BCUT2D eigenvalue weighted by Gasteiger charge is -2.19. The first kappa shape index (κ1) is 16.1. The smallest absolute Gasteiger partial charge is 0.254 e. The second-order valence-corrected chi connectivity index (χ2v) is 5.57. The monoisotopic (exact) mass is 298 g/mol. The number of sulfonamides is 1. The van der Waals surface area contributed by atoms with Crippen LogP contribution in [0.1, 0.15) is 10.4 Å². The molecule has 1 aromatic rings. The fraction of sp³-hybridized carbons (Fsp3) is 0.154. The van der Waals surface area contributed by atoms with Gasteiger partial charge < -0.3 is 4.90 Å². The average molecular weight is 298 g/mol. The zero-order valence-corrected chi connectivity index (χ0v) is 11.6. The van der Waals surface area contributed by atoms with Gasteiger partial charge in [0, 0.05) is 18.7 Å². The molecule has 0 bridgehead atoms. The van der Waals surface area contributed by atoms with Crippen LogP contribution in [-0.4, -0.2) is 32.3 Å². The van der Waals surface area contributed by atoms with Gasteiger partial charge in [-0.25, -0.2) is 17.9 Å². The van der Waals surface area contributed by atoms with Crippen LogP contribution in [-0.2, 0) is 10.0 Å². The minimum Gasteiger partial charge on any atom is -0.331 e. The minimum atomic E-state index is -4.08. The molecule has 5 nitrogen and oxygen atoms in total. The highest BCUT2D eigenvalue weighted by atomic mass is 32.2. The molecule has 1 amide bonds. The van der Waals surface area contributed by atoms with Crippen LogP contribution in [0.5, 0.6) is 0 Å². The van der Waals surface area contributed by atoms with Crippen molar-refractivity contribution in [1.82, 2.24) is 4.90 Å². The Bertz CT molecular complexity index is 631. The SMILES string of the molecule is C=CCN(CC=C)C(=O)c1cc(F)cc(S(N)(=O)=O)c1. The number of amides is 1. The summed E-state index contributed by atoms with van der Waals surface area (Å²) in [4.78, 5) is 13.1. The van der Waals surface area contributed by atoms with Gasteiger partial charge in [0.2, 0.25) is 10.0 Å². The number of nitrogens with zero attached hydrogens (tertiary/aromatic N) is 1. The Morgan fingerprint density at radius 1 is 1.25 bits per heavy atom. The standard InChI is InChI=1S/C13H15FN2O3S/c1-3-5-16(6-4-2)13(17)10-7-11(14)9-12(8-10)20(15,18)19/h3-4,7-9H,1-2,5-6H2,(H2,15,18,19). The number of benzene rings is 1. The van der Waals surface area contributed by atoms with Crippen molar-refractivity contribution in [1.29, 1.82) is 0 Å². The maximum absolute atomic E-state index is 13.4. The number of carbonyl (C=O) groups excluding carboxylic acids is 1. The van der Waals surface area contributed by atoms with Crippen LogP contribution < -0.4 is 5.14 Å². The summed E-state index contributed by atoms with van der Waals surface area (Å²) in [6.07, 6.45) is 3.00. The number of hydrogen-bond donors (Lipinski definition) is 1. The van der Waals surface area contributed by atoms with Crippen molar-refractivity contribution in [2.24, 2.45) is 5.14 Å². The molecule has 0 aliphatic heterocycles. The summed E-state index contributed by atoms with van der Waals surface area (Å²) in [5.41, 5.74) is -0.0993. The molecule has 2 N–H and O–H groups in total. The Balaban J connectivity index is 3.24. The van der Waals surface area contributed by atoms with E-state index in [1.807, 2.05) is 0 Å². The fourth-order valence-corrected chi connectivity index (χ4v) is 2.15. The Hall–Kier alpha value is -1.99. The van der Waals surface area contributed by atoms with E-state index < -0.39 is 26.6 Å². The van der Waals surface area contributed by atoms with Crippen LogP contribution >= 0.6 is 0 Å². The van der Waals surface area contributed by atoms with Crippen LogP contribution in [0.4, 0.5) is 4.39 Å². The second kappa shape index (κ2) is 6.44. The molecule has 0 aliphatic carbocycles. The van der Waals surface area contributed by atoms with Gasteiger partial charge in [0.25, 0.3) is 5.91 Å². The van der Waals surface area contributed by atoms with Gasteiger partial charge in [-0.3, -0.25) is 4.79 Å². The summed E-state index contributed by atoms with van der Waals surface area (Å²) >= 11 is 0. The maximum Gasteiger partial charge on any atom is 0.254 e. The van der Waals surface area contributed by atoms with Crippen LogP contribution in [0.15, 0.2) is 48.4 Å². The molecule has 0 saturated heterocycles. The molecule has 108 valence electrons. The highest BCUT2D eigenvalue weighted by Gasteiger charge is 2.18. The predicted octanol–water partition coefficient (Wildman–Crippen LogP) is 1.29. The van der Waals surface area contributed by atoms with Crippen molar-refractivity contribution in [2.45, 2.75) is 4.90 Å². The van der Waals surface area contributed by atoms with Gasteiger partial charge in [0.15, 0.2) is 0 Å². The van der Waals surface area contributed by atoms with Gasteiger partial charge in [-0.1, -0.05) is 12.2 Å². The van der Waals surface area contributed by atoms with Crippen molar-refractivity contribution in [3.05, 3.63) is 54.9 Å². The van der Waals surface area contributed by atoms with E-state index in [2.05, 4.69) is 13.2 Å². The van der Waals surface area contributed by atoms with Crippen LogP contribution in [0.25, 0.3) is 0 Å². The van der Waals surface area contributed by atoms with Crippen molar-refractivity contribution < 1.29 is 17.6 Å². The van der Waals surface area contributed by atoms with Crippen LogP contribution in [0.3, 0.4) is 0 Å². The third-order valence-corrected chi connectivity index (χ3v) is 3.33. The van der Waals surface area contributed by atoms with Gasteiger partial charge >= 0.3 is 0 Å². The zero-order chi connectivity index (χ0) is 15.3. The summed E-state index contributed by atoms with van der Waals surface area (Å²) in [5.74, 6) is -1.38. The first-order valence-corrected chi connectivity index (χ1v) is 7.18. The molecule has 0 saturated carbocycles. The second-order valence-electron chi connectivity index (χ2n) is 4.01. The number of primary sulfonamides is 1. The van der Waals surface area contributed by atoms with Crippen molar-refractivity contribution in [2.75, 3.05) is 13.1 Å². The third-order valence-electron chi connectivity index (χ3n) is 2.43. The van der Waals surface area contributed by atoms with Gasteiger partial charge in [0.1, 0.15) is 5.82 Å². The predicted molar refractivity (Wildman–Crippen MR) is 74.1 cm³/mol. The third kappa shape index (κ3) is 4.01. The average Bonchev–Trinajstić information content (AvgIpc) is 2.36. The fourth-order valence-electron chi connectivity index (χ4n) is 1.59. The van der Waals surface area contributed by atoms with Gasteiger partial charge in [-0.05, 0) is 18.2 Å². The Labute approximate surface area is 117 Å². The highest BCUT2D eigenvalue weighted by Crippen LogP contribution is 2.15. The van der Waals surface area contributed by atoms with Crippen molar-refractivity contribution in [3.8, 4) is 0 Å². The lowest BCUT2D eigenvalue weighted by Crippen LogP contribution is -2.31. The molecular weight excluding hydrogens is 283 g/mol. The topological polar surface area (TPSA) is 80.5 Å². The Morgan fingerprint density at radius 2 is 1.80 bits per heavy atom.